The summed E-state index contributed by atoms with van der Waals surface area (Å²) in [6, 6.07) is 20.7. The maximum Gasteiger partial charge on any atom is 0.231 e. The number of halogens is 1. The van der Waals surface area contributed by atoms with Crippen molar-refractivity contribution in [1.82, 2.24) is 4.90 Å². The largest absolute Gasteiger partial charge is 0.454 e. The van der Waals surface area contributed by atoms with E-state index in [0.29, 0.717) is 19.6 Å². The van der Waals surface area contributed by atoms with Gasteiger partial charge in [0, 0.05) is 19.6 Å². The van der Waals surface area contributed by atoms with Gasteiger partial charge in [-0.15, -0.1) is 0 Å². The quantitative estimate of drug-likeness (QED) is 0.637. The fourth-order valence-corrected chi connectivity index (χ4v) is 3.56. The number of nitrogens with zero attached hydrogens (tertiary/aromatic N) is 1. The van der Waals surface area contributed by atoms with Crippen molar-refractivity contribution in [2.45, 2.75) is 26.1 Å². The SMILES string of the molecule is C[C@@H](O)CN(Cc1ccc(-c2ccc(F)cc2)cc1)Cc1ccc2c(c1)OCO2. The lowest BCUT2D eigenvalue weighted by Crippen LogP contribution is -2.30. The molecular weight excluding hydrogens is 369 g/mol. The first-order chi connectivity index (χ1) is 14.1. The molecule has 1 aliphatic heterocycles. The number of fused-ring (bicyclic) bond motifs is 1. The molecule has 0 bridgehead atoms. The van der Waals surface area contributed by atoms with Gasteiger partial charge in [-0.25, -0.2) is 4.39 Å². The van der Waals surface area contributed by atoms with E-state index in [2.05, 4.69) is 17.0 Å². The molecule has 0 aromatic heterocycles. The van der Waals surface area contributed by atoms with Gasteiger partial charge < -0.3 is 14.6 Å². The van der Waals surface area contributed by atoms with E-state index < -0.39 is 6.10 Å². The van der Waals surface area contributed by atoms with Gasteiger partial charge in [0.05, 0.1) is 6.10 Å². The van der Waals surface area contributed by atoms with E-state index >= 15 is 0 Å². The highest BCUT2D eigenvalue weighted by Gasteiger charge is 2.16. The lowest BCUT2D eigenvalue weighted by atomic mass is 10.0. The number of hydrogen-bond acceptors (Lipinski definition) is 4. The molecule has 1 N–H and O–H groups in total. The van der Waals surface area contributed by atoms with Crippen molar-refractivity contribution in [2.75, 3.05) is 13.3 Å². The molecule has 1 atom stereocenters. The zero-order valence-electron chi connectivity index (χ0n) is 16.3. The maximum atomic E-state index is 13.1. The third-order valence-corrected chi connectivity index (χ3v) is 4.90. The Morgan fingerprint density at radius 2 is 1.45 bits per heavy atom. The molecule has 29 heavy (non-hydrogen) atoms. The fraction of sp³-hybridized carbons (Fsp3) is 0.250. The van der Waals surface area contributed by atoms with Gasteiger partial charge >= 0.3 is 0 Å². The fourth-order valence-electron chi connectivity index (χ4n) is 3.56. The molecule has 0 spiro atoms. The van der Waals surface area contributed by atoms with Crippen molar-refractivity contribution in [2.24, 2.45) is 0 Å². The van der Waals surface area contributed by atoms with E-state index in [1.807, 2.05) is 30.3 Å². The molecule has 0 amide bonds. The van der Waals surface area contributed by atoms with E-state index in [-0.39, 0.29) is 12.6 Å². The standard InChI is InChI=1S/C24H24FNO3/c1-17(27)13-26(15-19-4-11-23-24(12-19)29-16-28-23)14-18-2-5-20(6-3-18)21-7-9-22(25)10-8-21/h2-12,17,27H,13-16H2,1H3/t17-/m1/s1. The van der Waals surface area contributed by atoms with E-state index in [1.165, 1.54) is 12.1 Å². The van der Waals surface area contributed by atoms with Gasteiger partial charge in [-0.2, -0.15) is 0 Å². The molecule has 3 aromatic carbocycles. The van der Waals surface area contributed by atoms with Crippen LogP contribution in [0.4, 0.5) is 4.39 Å². The van der Waals surface area contributed by atoms with Crippen LogP contribution in [0.3, 0.4) is 0 Å². The summed E-state index contributed by atoms with van der Waals surface area (Å²) in [6.45, 7) is 4.03. The second kappa shape index (κ2) is 8.64. The summed E-state index contributed by atoms with van der Waals surface area (Å²) >= 11 is 0. The number of benzene rings is 3. The van der Waals surface area contributed by atoms with E-state index in [9.17, 15) is 9.50 Å². The van der Waals surface area contributed by atoms with Crippen molar-refractivity contribution < 1.29 is 19.0 Å². The molecule has 3 aromatic rings. The second-order valence-electron chi connectivity index (χ2n) is 7.41. The molecule has 0 aliphatic carbocycles. The molecule has 5 heteroatoms. The molecule has 0 saturated carbocycles. The summed E-state index contributed by atoms with van der Waals surface area (Å²) in [5, 5.41) is 9.93. The number of ether oxygens (including phenoxy) is 2. The summed E-state index contributed by atoms with van der Waals surface area (Å²) in [6.07, 6.45) is -0.428. The van der Waals surface area contributed by atoms with Gasteiger partial charge in [-0.1, -0.05) is 42.5 Å². The molecule has 0 unspecified atom stereocenters. The average molecular weight is 393 g/mol. The normalized spacial score (nSPS) is 13.7. The molecule has 4 rings (SSSR count). The van der Waals surface area contributed by atoms with Crippen LogP contribution in [-0.2, 0) is 13.1 Å². The van der Waals surface area contributed by atoms with E-state index in [4.69, 9.17) is 9.47 Å². The van der Waals surface area contributed by atoms with Gasteiger partial charge in [0.25, 0.3) is 0 Å². The Balaban J connectivity index is 1.47. The first-order valence-electron chi connectivity index (χ1n) is 9.70. The molecule has 1 heterocycles. The molecule has 1 aliphatic rings. The van der Waals surface area contributed by atoms with Crippen LogP contribution in [0.1, 0.15) is 18.1 Å². The highest BCUT2D eigenvalue weighted by Crippen LogP contribution is 2.33. The first-order valence-corrected chi connectivity index (χ1v) is 9.70. The van der Waals surface area contributed by atoms with Crippen LogP contribution >= 0.6 is 0 Å². The third-order valence-electron chi connectivity index (χ3n) is 4.90. The van der Waals surface area contributed by atoms with Crippen molar-refractivity contribution in [3.63, 3.8) is 0 Å². The maximum absolute atomic E-state index is 13.1. The Labute approximate surface area is 170 Å². The Morgan fingerprint density at radius 3 is 2.14 bits per heavy atom. The number of aliphatic hydroxyl groups excluding tert-OH is 1. The molecule has 150 valence electrons. The van der Waals surface area contributed by atoms with Crippen LogP contribution in [0.15, 0.2) is 66.7 Å². The summed E-state index contributed by atoms with van der Waals surface area (Å²) in [4.78, 5) is 2.20. The Kier molecular flexibility index (Phi) is 5.79. The first kappa shape index (κ1) is 19.4. The Morgan fingerprint density at radius 1 is 0.862 bits per heavy atom. The van der Waals surface area contributed by atoms with Crippen LogP contribution in [0.25, 0.3) is 11.1 Å². The second-order valence-corrected chi connectivity index (χ2v) is 7.41. The molecular formula is C24H24FNO3. The number of hydrogen-bond donors (Lipinski definition) is 1. The van der Waals surface area contributed by atoms with Gasteiger partial charge in [-0.3, -0.25) is 4.90 Å². The highest BCUT2D eigenvalue weighted by molar-refractivity contribution is 5.63. The molecule has 4 nitrogen and oxygen atoms in total. The Bertz CT molecular complexity index is 955. The van der Waals surface area contributed by atoms with Gasteiger partial charge in [0.2, 0.25) is 6.79 Å². The average Bonchev–Trinajstić information content (AvgIpc) is 3.17. The third kappa shape index (κ3) is 4.94. The lowest BCUT2D eigenvalue weighted by molar-refractivity contribution is 0.118. The zero-order valence-corrected chi connectivity index (χ0v) is 16.3. The van der Waals surface area contributed by atoms with Gasteiger partial charge in [0.15, 0.2) is 11.5 Å². The van der Waals surface area contributed by atoms with Crippen molar-refractivity contribution in [3.8, 4) is 22.6 Å². The lowest BCUT2D eigenvalue weighted by Gasteiger charge is -2.24. The van der Waals surface area contributed by atoms with Crippen LogP contribution in [0.2, 0.25) is 0 Å². The predicted octanol–water partition coefficient (Wildman–Crippen LogP) is 4.60. The summed E-state index contributed by atoms with van der Waals surface area (Å²) in [7, 11) is 0. The minimum atomic E-state index is -0.428. The van der Waals surface area contributed by atoms with E-state index in [0.717, 1.165) is 33.8 Å². The molecule has 0 fully saturated rings. The van der Waals surface area contributed by atoms with Crippen molar-refractivity contribution >= 4 is 0 Å². The summed E-state index contributed by atoms with van der Waals surface area (Å²) in [5.74, 6) is 1.30. The summed E-state index contributed by atoms with van der Waals surface area (Å²) < 4.78 is 24.0. The van der Waals surface area contributed by atoms with Crippen LogP contribution < -0.4 is 9.47 Å². The van der Waals surface area contributed by atoms with Gasteiger partial charge in [-0.05, 0) is 53.4 Å². The topological polar surface area (TPSA) is 41.9 Å². The number of rotatable bonds is 7. The van der Waals surface area contributed by atoms with Crippen molar-refractivity contribution in [3.05, 3.63) is 83.7 Å². The van der Waals surface area contributed by atoms with Crippen LogP contribution in [0, 0.1) is 5.82 Å². The molecule has 0 radical (unpaired) electrons. The van der Waals surface area contributed by atoms with Crippen LogP contribution in [-0.4, -0.2) is 29.4 Å². The smallest absolute Gasteiger partial charge is 0.231 e. The monoisotopic (exact) mass is 393 g/mol. The summed E-state index contributed by atoms with van der Waals surface area (Å²) in [5.41, 5.74) is 4.29. The van der Waals surface area contributed by atoms with Gasteiger partial charge in [0.1, 0.15) is 5.82 Å². The minimum absolute atomic E-state index is 0.234. The highest BCUT2D eigenvalue weighted by atomic mass is 19.1. The number of aliphatic hydroxyl groups is 1. The van der Waals surface area contributed by atoms with Crippen LogP contribution in [0.5, 0.6) is 11.5 Å². The minimum Gasteiger partial charge on any atom is -0.454 e. The Hall–Kier alpha value is -2.89. The van der Waals surface area contributed by atoms with Crippen molar-refractivity contribution in [1.29, 1.82) is 0 Å². The predicted molar refractivity (Wildman–Crippen MR) is 110 cm³/mol. The van der Waals surface area contributed by atoms with E-state index in [1.54, 1.807) is 19.1 Å². The molecule has 0 saturated heterocycles. The zero-order chi connectivity index (χ0) is 20.2.